The average Bonchev–Trinajstić information content (AvgIpc) is 3.29. The number of rotatable bonds is 5. The summed E-state index contributed by atoms with van der Waals surface area (Å²) in [5.74, 6) is -0.107. The van der Waals surface area contributed by atoms with E-state index in [9.17, 15) is 14.9 Å². The Morgan fingerprint density at radius 3 is 2.75 bits per heavy atom. The standard InChI is InChI=1S/C18H16N6O3S/c1-12-4-2-6-14(10-12)23-18(19-20-21-23)28-16-8-9-22(17(16)25)13-5-3-7-15(11-13)24(26)27/h2-7,10-11,16H,8-9H2,1H3. The molecule has 142 valence electrons. The van der Waals surface area contributed by atoms with E-state index in [4.69, 9.17) is 0 Å². The lowest BCUT2D eigenvalue weighted by molar-refractivity contribution is -0.384. The highest BCUT2D eigenvalue weighted by molar-refractivity contribution is 8.00. The predicted molar refractivity (Wildman–Crippen MR) is 104 cm³/mol. The van der Waals surface area contributed by atoms with Crippen LogP contribution in [0.25, 0.3) is 5.69 Å². The topological polar surface area (TPSA) is 107 Å². The third-order valence-corrected chi connectivity index (χ3v) is 5.63. The van der Waals surface area contributed by atoms with Gasteiger partial charge in [-0.25, -0.2) is 0 Å². The maximum atomic E-state index is 12.9. The van der Waals surface area contributed by atoms with E-state index in [1.165, 1.54) is 23.9 Å². The van der Waals surface area contributed by atoms with Gasteiger partial charge in [0.1, 0.15) is 0 Å². The highest BCUT2D eigenvalue weighted by Crippen LogP contribution is 2.33. The number of amides is 1. The first-order chi connectivity index (χ1) is 13.5. The SMILES string of the molecule is Cc1cccc(-n2nnnc2SC2CCN(c3cccc([N+](=O)[O-])c3)C2=O)c1. The van der Waals surface area contributed by atoms with E-state index >= 15 is 0 Å². The molecule has 28 heavy (non-hydrogen) atoms. The number of hydrogen-bond acceptors (Lipinski definition) is 7. The second kappa shape index (κ2) is 7.39. The number of non-ortho nitro benzene ring substituents is 1. The zero-order valence-electron chi connectivity index (χ0n) is 14.9. The van der Waals surface area contributed by atoms with Crippen LogP contribution in [-0.2, 0) is 4.79 Å². The molecule has 1 saturated heterocycles. The van der Waals surface area contributed by atoms with Gasteiger partial charge in [0.15, 0.2) is 0 Å². The van der Waals surface area contributed by atoms with Crippen LogP contribution in [0, 0.1) is 17.0 Å². The van der Waals surface area contributed by atoms with Crippen molar-refractivity contribution in [2.45, 2.75) is 23.8 Å². The Morgan fingerprint density at radius 2 is 1.96 bits per heavy atom. The van der Waals surface area contributed by atoms with Gasteiger partial charge >= 0.3 is 0 Å². The van der Waals surface area contributed by atoms with Crippen LogP contribution in [0.5, 0.6) is 0 Å². The summed E-state index contributed by atoms with van der Waals surface area (Å²) in [5.41, 5.74) is 2.40. The molecule has 4 rings (SSSR count). The van der Waals surface area contributed by atoms with E-state index < -0.39 is 4.92 Å². The fourth-order valence-electron chi connectivity index (χ4n) is 3.10. The van der Waals surface area contributed by atoms with Crippen molar-refractivity contribution in [3.05, 3.63) is 64.2 Å². The Morgan fingerprint density at radius 1 is 1.18 bits per heavy atom. The van der Waals surface area contributed by atoms with Gasteiger partial charge in [0.25, 0.3) is 5.69 Å². The summed E-state index contributed by atoms with van der Waals surface area (Å²) >= 11 is 1.30. The normalized spacial score (nSPS) is 16.5. The first-order valence-electron chi connectivity index (χ1n) is 8.61. The summed E-state index contributed by atoms with van der Waals surface area (Å²) in [4.78, 5) is 25.0. The highest BCUT2D eigenvalue weighted by atomic mass is 32.2. The summed E-state index contributed by atoms with van der Waals surface area (Å²) in [6, 6.07) is 13.9. The third-order valence-electron chi connectivity index (χ3n) is 4.44. The minimum atomic E-state index is -0.466. The van der Waals surface area contributed by atoms with Crippen LogP contribution in [-0.4, -0.2) is 42.8 Å². The molecule has 1 aliphatic heterocycles. The van der Waals surface area contributed by atoms with Gasteiger partial charge in [-0.2, -0.15) is 4.68 Å². The van der Waals surface area contributed by atoms with E-state index in [1.807, 2.05) is 31.2 Å². The number of nitro groups is 1. The zero-order chi connectivity index (χ0) is 19.7. The van der Waals surface area contributed by atoms with Crippen molar-refractivity contribution in [1.82, 2.24) is 20.2 Å². The van der Waals surface area contributed by atoms with Crippen molar-refractivity contribution in [3.63, 3.8) is 0 Å². The lowest BCUT2D eigenvalue weighted by Gasteiger charge is -2.16. The average molecular weight is 396 g/mol. The summed E-state index contributed by atoms with van der Waals surface area (Å²) in [5, 5.41) is 23.0. The van der Waals surface area contributed by atoms with Crippen LogP contribution in [0.4, 0.5) is 11.4 Å². The third kappa shape index (κ3) is 3.46. The number of nitro benzene ring substituents is 1. The van der Waals surface area contributed by atoms with Gasteiger partial charge in [0, 0.05) is 18.7 Å². The Bertz CT molecular complexity index is 1050. The minimum absolute atomic E-state index is 0.0372. The van der Waals surface area contributed by atoms with Gasteiger partial charge in [0.05, 0.1) is 21.5 Å². The lowest BCUT2D eigenvalue weighted by atomic mass is 10.2. The second-order valence-corrected chi connectivity index (χ2v) is 7.54. The van der Waals surface area contributed by atoms with Gasteiger partial charge in [-0.3, -0.25) is 14.9 Å². The molecule has 0 aliphatic carbocycles. The maximum Gasteiger partial charge on any atom is 0.271 e. The van der Waals surface area contributed by atoms with Crippen molar-refractivity contribution >= 4 is 29.0 Å². The van der Waals surface area contributed by atoms with E-state index in [0.717, 1.165) is 11.3 Å². The highest BCUT2D eigenvalue weighted by Gasteiger charge is 2.35. The number of anilines is 1. The molecule has 3 aromatic rings. The largest absolute Gasteiger partial charge is 0.311 e. The number of benzene rings is 2. The number of thioether (sulfide) groups is 1. The lowest BCUT2D eigenvalue weighted by Crippen LogP contribution is -2.28. The Labute approximate surface area is 164 Å². The Balaban J connectivity index is 1.54. The fourth-order valence-corrected chi connectivity index (χ4v) is 4.13. The van der Waals surface area contributed by atoms with Crippen molar-refractivity contribution in [2.24, 2.45) is 0 Å². The van der Waals surface area contributed by atoms with Crippen molar-refractivity contribution in [3.8, 4) is 5.69 Å². The van der Waals surface area contributed by atoms with E-state index in [0.29, 0.717) is 23.8 Å². The molecular weight excluding hydrogens is 380 g/mol. The summed E-state index contributed by atoms with van der Waals surface area (Å²) < 4.78 is 1.61. The van der Waals surface area contributed by atoms with Crippen molar-refractivity contribution < 1.29 is 9.72 Å². The van der Waals surface area contributed by atoms with Crippen molar-refractivity contribution in [2.75, 3.05) is 11.4 Å². The Hall–Kier alpha value is -3.27. The molecule has 2 heterocycles. The quantitative estimate of drug-likeness (QED) is 0.482. The summed E-state index contributed by atoms with van der Waals surface area (Å²) in [7, 11) is 0. The number of hydrogen-bond donors (Lipinski definition) is 0. The van der Waals surface area contributed by atoms with Gasteiger partial charge < -0.3 is 4.90 Å². The molecule has 0 radical (unpaired) electrons. The number of nitrogens with zero attached hydrogens (tertiary/aromatic N) is 6. The van der Waals surface area contributed by atoms with Gasteiger partial charge in [-0.1, -0.05) is 30.0 Å². The Kier molecular flexibility index (Phi) is 4.78. The van der Waals surface area contributed by atoms with Crippen LogP contribution in [0.15, 0.2) is 53.7 Å². The number of tetrazole rings is 1. The van der Waals surface area contributed by atoms with E-state index in [2.05, 4.69) is 15.5 Å². The molecule has 2 aromatic carbocycles. The van der Waals surface area contributed by atoms with Crippen LogP contribution >= 0.6 is 11.8 Å². The molecule has 1 aromatic heterocycles. The molecule has 10 heteroatoms. The molecule has 1 amide bonds. The fraction of sp³-hybridized carbons (Fsp3) is 0.222. The molecule has 1 unspecified atom stereocenters. The molecule has 1 atom stereocenters. The van der Waals surface area contributed by atoms with Crippen molar-refractivity contribution in [1.29, 1.82) is 0 Å². The first-order valence-corrected chi connectivity index (χ1v) is 9.49. The molecular formula is C18H16N6O3S. The number of carbonyl (C=O) groups is 1. The van der Waals surface area contributed by atoms with Crippen LogP contribution in [0.1, 0.15) is 12.0 Å². The van der Waals surface area contributed by atoms with Gasteiger partial charge in [-0.15, -0.1) is 5.10 Å². The summed E-state index contributed by atoms with van der Waals surface area (Å²) in [6.07, 6.45) is 0.604. The molecule has 0 saturated carbocycles. The molecule has 0 N–H and O–H groups in total. The molecule has 0 spiro atoms. The van der Waals surface area contributed by atoms with Gasteiger partial charge in [0.2, 0.25) is 11.1 Å². The van der Waals surface area contributed by atoms with Crippen LogP contribution in [0.2, 0.25) is 0 Å². The number of aryl methyl sites for hydroxylation is 1. The maximum absolute atomic E-state index is 12.9. The minimum Gasteiger partial charge on any atom is -0.311 e. The molecule has 0 bridgehead atoms. The molecule has 1 aliphatic rings. The van der Waals surface area contributed by atoms with Gasteiger partial charge in [-0.05, 0) is 47.5 Å². The molecule has 9 nitrogen and oxygen atoms in total. The zero-order valence-corrected chi connectivity index (χ0v) is 15.7. The van der Waals surface area contributed by atoms with E-state index in [1.54, 1.807) is 21.7 Å². The molecule has 1 fully saturated rings. The second-order valence-electron chi connectivity index (χ2n) is 6.37. The monoisotopic (exact) mass is 396 g/mol. The summed E-state index contributed by atoms with van der Waals surface area (Å²) in [6.45, 7) is 2.47. The number of aromatic nitrogens is 4. The number of carbonyl (C=O) groups excluding carboxylic acids is 1. The smallest absolute Gasteiger partial charge is 0.271 e. The van der Waals surface area contributed by atoms with Crippen LogP contribution < -0.4 is 4.90 Å². The predicted octanol–water partition coefficient (Wildman–Crippen LogP) is 2.78. The van der Waals surface area contributed by atoms with E-state index in [-0.39, 0.29) is 16.8 Å². The van der Waals surface area contributed by atoms with Crippen LogP contribution in [0.3, 0.4) is 0 Å². The first kappa shape index (κ1) is 18.1.